The van der Waals surface area contributed by atoms with Crippen molar-refractivity contribution in [3.05, 3.63) is 39.5 Å². The third-order valence-corrected chi connectivity index (χ3v) is 7.09. The van der Waals surface area contributed by atoms with Crippen LogP contribution in [-0.2, 0) is 14.3 Å². The zero-order valence-corrected chi connectivity index (χ0v) is 20.7. The van der Waals surface area contributed by atoms with Gasteiger partial charge in [0.2, 0.25) is 5.91 Å². The Bertz CT molecular complexity index is 1110. The lowest BCUT2D eigenvalue weighted by molar-refractivity contribution is -0.125. The van der Waals surface area contributed by atoms with Gasteiger partial charge in [0, 0.05) is 30.9 Å². The molecule has 9 nitrogen and oxygen atoms in total. The number of carbonyl (C=O) groups excluding carboxylic acids is 3. The van der Waals surface area contributed by atoms with Crippen molar-refractivity contribution in [2.24, 2.45) is 0 Å². The molecule has 3 N–H and O–H groups in total. The molecule has 0 spiro atoms. The van der Waals surface area contributed by atoms with E-state index in [0.717, 1.165) is 30.6 Å². The Balaban J connectivity index is 1.48. The molecule has 13 heteroatoms. The topological polar surface area (TPSA) is 109 Å². The van der Waals surface area contributed by atoms with Crippen LogP contribution < -0.4 is 25.6 Å². The summed E-state index contributed by atoms with van der Waals surface area (Å²) >= 11 is 7.01. The molecule has 0 bridgehead atoms. The number of nitrogens with zero attached hydrogens (tertiary/aromatic N) is 1. The van der Waals surface area contributed by atoms with E-state index in [-0.39, 0.29) is 49.0 Å². The van der Waals surface area contributed by atoms with Gasteiger partial charge in [0.05, 0.1) is 21.5 Å². The second-order valence-electron chi connectivity index (χ2n) is 8.31. The van der Waals surface area contributed by atoms with Crippen molar-refractivity contribution in [2.45, 2.75) is 38.0 Å². The average molecular weight is 543 g/mol. The zero-order valence-electron chi connectivity index (χ0n) is 19.1. The Labute approximate surface area is 215 Å². The summed E-state index contributed by atoms with van der Waals surface area (Å²) in [5.74, 6) is -1.49. The first kappa shape index (κ1) is 26.3. The summed E-state index contributed by atoms with van der Waals surface area (Å²) in [6, 6.07) is 6.70. The molecule has 2 heterocycles. The highest BCUT2D eigenvalue weighted by atomic mass is 35.5. The maximum absolute atomic E-state index is 13.2. The number of ether oxygens (including phenoxy) is 2. The number of alkyl halides is 2. The van der Waals surface area contributed by atoms with Gasteiger partial charge in [-0.3, -0.25) is 14.4 Å². The molecule has 0 radical (unpaired) electrons. The third-order valence-electron chi connectivity index (χ3n) is 5.86. The molecule has 3 amide bonds. The van der Waals surface area contributed by atoms with E-state index in [1.807, 2.05) is 0 Å². The number of benzene rings is 1. The van der Waals surface area contributed by atoms with Crippen LogP contribution in [0.4, 0.5) is 20.2 Å². The number of hydrogen-bond donors (Lipinski definition) is 3. The highest BCUT2D eigenvalue weighted by Crippen LogP contribution is 2.32. The molecule has 2 aliphatic rings. The Morgan fingerprint density at radius 2 is 2.06 bits per heavy atom. The van der Waals surface area contributed by atoms with Gasteiger partial charge in [-0.1, -0.05) is 18.0 Å². The van der Waals surface area contributed by atoms with Crippen molar-refractivity contribution in [1.29, 1.82) is 0 Å². The molecule has 194 valence electrons. The number of anilines is 2. The van der Waals surface area contributed by atoms with Crippen LogP contribution in [-0.4, -0.2) is 62.7 Å². The van der Waals surface area contributed by atoms with Gasteiger partial charge in [-0.15, -0.1) is 11.3 Å². The summed E-state index contributed by atoms with van der Waals surface area (Å²) in [4.78, 5) is 39.5. The molecule has 0 unspecified atom stereocenters. The monoisotopic (exact) mass is 542 g/mol. The molecular weight excluding hydrogens is 518 g/mol. The van der Waals surface area contributed by atoms with Crippen LogP contribution in [0.5, 0.6) is 5.75 Å². The lowest BCUT2D eigenvalue weighted by atomic mass is 9.92. The number of carbonyl (C=O) groups is 3. The second kappa shape index (κ2) is 12.0. The SMILES string of the molecule is O=C(NC[C@@H](NC1CCC1)C(=O)Nc1ccc(N2CCOCC2=O)cc1OC(F)F)c1ccc(Cl)s1. The van der Waals surface area contributed by atoms with Crippen molar-refractivity contribution in [3.63, 3.8) is 0 Å². The summed E-state index contributed by atoms with van der Waals surface area (Å²) < 4.78 is 36.5. The first-order valence-corrected chi connectivity index (χ1v) is 12.6. The fourth-order valence-electron chi connectivity index (χ4n) is 3.79. The van der Waals surface area contributed by atoms with Crippen LogP contribution in [0, 0.1) is 0 Å². The van der Waals surface area contributed by atoms with Gasteiger partial charge in [0.25, 0.3) is 11.8 Å². The van der Waals surface area contributed by atoms with Crippen molar-refractivity contribution in [3.8, 4) is 5.75 Å². The summed E-state index contributed by atoms with van der Waals surface area (Å²) in [6.45, 7) is -2.70. The van der Waals surface area contributed by atoms with Crippen molar-refractivity contribution in [1.82, 2.24) is 10.6 Å². The summed E-state index contributed by atoms with van der Waals surface area (Å²) in [5.41, 5.74) is 0.365. The Hall–Kier alpha value is -2.80. The Morgan fingerprint density at radius 3 is 2.69 bits per heavy atom. The number of halogens is 3. The molecule has 36 heavy (non-hydrogen) atoms. The molecule has 1 saturated heterocycles. The summed E-state index contributed by atoms with van der Waals surface area (Å²) in [7, 11) is 0. The number of morpholine rings is 1. The molecule has 1 atom stereocenters. The number of thiophene rings is 1. The van der Waals surface area contributed by atoms with E-state index < -0.39 is 18.6 Å². The standard InChI is InChI=1S/C23H25ClF2N4O5S/c24-19-7-6-18(36-19)22(33)27-11-16(28-13-2-1-3-13)21(32)29-15-5-4-14(10-17(15)35-23(25)26)30-8-9-34-12-20(30)31/h4-7,10,13,16,23,28H,1-3,8-9,11-12H2,(H,27,33)(H,29,32)/t16-/m1/s1. The highest BCUT2D eigenvalue weighted by molar-refractivity contribution is 7.18. The van der Waals surface area contributed by atoms with Crippen LogP contribution in [0.2, 0.25) is 4.34 Å². The van der Waals surface area contributed by atoms with E-state index >= 15 is 0 Å². The van der Waals surface area contributed by atoms with Crippen molar-refractivity contribution >= 4 is 52.0 Å². The predicted molar refractivity (Wildman–Crippen MR) is 131 cm³/mol. The van der Waals surface area contributed by atoms with Crippen LogP contribution >= 0.6 is 22.9 Å². The molecule has 2 aromatic rings. The fraction of sp³-hybridized carbons (Fsp3) is 0.435. The van der Waals surface area contributed by atoms with Gasteiger partial charge >= 0.3 is 6.61 Å². The average Bonchev–Trinajstić information content (AvgIpc) is 3.25. The van der Waals surface area contributed by atoms with Crippen LogP contribution in [0.1, 0.15) is 28.9 Å². The molecular formula is C23H25ClF2N4O5S. The van der Waals surface area contributed by atoms with E-state index in [1.165, 1.54) is 23.1 Å². The number of nitrogens with one attached hydrogen (secondary N) is 3. The van der Waals surface area contributed by atoms with Gasteiger partial charge < -0.3 is 30.3 Å². The fourth-order valence-corrected chi connectivity index (χ4v) is 4.75. The van der Waals surface area contributed by atoms with Gasteiger partial charge in [-0.2, -0.15) is 8.78 Å². The van der Waals surface area contributed by atoms with Crippen LogP contribution in [0.25, 0.3) is 0 Å². The van der Waals surface area contributed by atoms with Gasteiger partial charge in [0.1, 0.15) is 12.6 Å². The van der Waals surface area contributed by atoms with E-state index in [1.54, 1.807) is 12.1 Å². The number of amides is 3. The third kappa shape index (κ3) is 6.69. The molecule has 1 aliphatic carbocycles. The summed E-state index contributed by atoms with van der Waals surface area (Å²) in [5, 5.41) is 8.55. The van der Waals surface area contributed by atoms with E-state index in [0.29, 0.717) is 21.5 Å². The van der Waals surface area contributed by atoms with Gasteiger partial charge in [-0.25, -0.2) is 0 Å². The maximum atomic E-state index is 13.2. The first-order chi connectivity index (χ1) is 17.3. The van der Waals surface area contributed by atoms with Crippen molar-refractivity contribution < 1.29 is 32.6 Å². The molecule has 1 aliphatic heterocycles. The molecule has 4 rings (SSSR count). The van der Waals surface area contributed by atoms with Crippen LogP contribution in [0.15, 0.2) is 30.3 Å². The largest absolute Gasteiger partial charge is 0.433 e. The minimum absolute atomic E-state index is 0.0153. The molecule has 1 aromatic carbocycles. The zero-order chi connectivity index (χ0) is 25.7. The van der Waals surface area contributed by atoms with Gasteiger partial charge in [0.15, 0.2) is 5.75 Å². The first-order valence-electron chi connectivity index (χ1n) is 11.4. The molecule has 2 fully saturated rings. The molecule has 1 aromatic heterocycles. The smallest absolute Gasteiger partial charge is 0.387 e. The van der Waals surface area contributed by atoms with E-state index in [2.05, 4.69) is 20.7 Å². The van der Waals surface area contributed by atoms with E-state index in [4.69, 9.17) is 16.3 Å². The number of rotatable bonds is 10. The Morgan fingerprint density at radius 1 is 1.25 bits per heavy atom. The lowest BCUT2D eigenvalue weighted by Gasteiger charge is -2.31. The minimum Gasteiger partial charge on any atom is -0.433 e. The van der Waals surface area contributed by atoms with Gasteiger partial charge in [-0.05, 0) is 37.1 Å². The van der Waals surface area contributed by atoms with Crippen molar-refractivity contribution in [2.75, 3.05) is 36.5 Å². The second-order valence-corrected chi connectivity index (χ2v) is 10.0. The molecule has 1 saturated carbocycles. The normalized spacial score (nSPS) is 17.0. The Kier molecular flexibility index (Phi) is 8.72. The van der Waals surface area contributed by atoms with Crippen LogP contribution in [0.3, 0.4) is 0 Å². The highest BCUT2D eigenvalue weighted by Gasteiger charge is 2.28. The predicted octanol–water partition coefficient (Wildman–Crippen LogP) is 3.25. The minimum atomic E-state index is -3.14. The lowest BCUT2D eigenvalue weighted by Crippen LogP contribution is -2.53. The number of hydrogen-bond acceptors (Lipinski definition) is 7. The van der Waals surface area contributed by atoms with E-state index in [9.17, 15) is 23.2 Å². The maximum Gasteiger partial charge on any atom is 0.387 e. The quantitative estimate of drug-likeness (QED) is 0.425. The summed E-state index contributed by atoms with van der Waals surface area (Å²) in [6.07, 6.45) is 2.81.